The Morgan fingerprint density at radius 2 is 1.63 bits per heavy atom. The van der Waals surface area contributed by atoms with Crippen LogP contribution in [0.2, 0.25) is 5.02 Å². The summed E-state index contributed by atoms with van der Waals surface area (Å²) in [6.07, 6.45) is -0.0793. The van der Waals surface area contributed by atoms with E-state index in [0.29, 0.717) is 26.2 Å². The first-order valence-corrected chi connectivity index (χ1v) is 10.7. The van der Waals surface area contributed by atoms with Gasteiger partial charge in [0.1, 0.15) is 5.82 Å². The largest absolute Gasteiger partial charge is 0.368 e. The van der Waals surface area contributed by atoms with E-state index in [9.17, 15) is 17.6 Å². The van der Waals surface area contributed by atoms with Crippen molar-refractivity contribution in [1.29, 1.82) is 0 Å². The van der Waals surface area contributed by atoms with Crippen LogP contribution < -0.4 is 4.90 Å². The number of sulfone groups is 1. The highest BCUT2D eigenvalue weighted by Crippen LogP contribution is 2.22. The van der Waals surface area contributed by atoms with Crippen molar-refractivity contribution in [3.05, 3.63) is 59.4 Å². The molecule has 1 fully saturated rings. The molecular weight excluding hydrogens is 391 g/mol. The molecule has 0 atom stereocenters. The van der Waals surface area contributed by atoms with E-state index in [1.165, 1.54) is 24.3 Å². The Bertz CT molecular complexity index is 911. The molecule has 2 aromatic carbocycles. The monoisotopic (exact) mass is 410 g/mol. The molecule has 0 bridgehead atoms. The first-order valence-electron chi connectivity index (χ1n) is 8.62. The number of piperazine rings is 1. The number of hydrogen-bond acceptors (Lipinski definition) is 4. The molecule has 0 aliphatic carbocycles. The molecule has 3 rings (SSSR count). The molecule has 27 heavy (non-hydrogen) atoms. The molecule has 0 radical (unpaired) electrons. The maximum Gasteiger partial charge on any atom is 0.223 e. The summed E-state index contributed by atoms with van der Waals surface area (Å²) in [7, 11) is -3.61. The van der Waals surface area contributed by atoms with Crippen LogP contribution in [0.15, 0.2) is 53.4 Å². The lowest BCUT2D eigenvalue weighted by molar-refractivity contribution is -0.131. The number of nitrogens with zero attached hydrogens (tertiary/aromatic N) is 2. The van der Waals surface area contributed by atoms with Gasteiger partial charge in [-0.05, 0) is 36.4 Å². The normalized spacial score (nSPS) is 15.0. The van der Waals surface area contributed by atoms with Gasteiger partial charge in [-0.2, -0.15) is 0 Å². The molecule has 0 saturated carbocycles. The standard InChI is InChI=1S/C19H20ClFN2O3S/c20-17-3-1-2-4-18(17)27(25,26)14-9-19(24)23-12-10-22(11-13-23)16-7-5-15(21)6-8-16/h1-8H,9-14H2. The van der Waals surface area contributed by atoms with E-state index in [1.807, 2.05) is 0 Å². The molecule has 0 spiro atoms. The summed E-state index contributed by atoms with van der Waals surface area (Å²) in [6.45, 7) is 2.24. The Morgan fingerprint density at radius 3 is 2.26 bits per heavy atom. The maximum absolute atomic E-state index is 13.0. The fourth-order valence-electron chi connectivity index (χ4n) is 3.05. The minimum atomic E-state index is -3.61. The second-order valence-corrected chi connectivity index (χ2v) is 8.83. The predicted molar refractivity (Wildman–Crippen MR) is 103 cm³/mol. The summed E-state index contributed by atoms with van der Waals surface area (Å²) in [6, 6.07) is 12.5. The Labute approximate surface area is 163 Å². The molecule has 0 N–H and O–H groups in total. The van der Waals surface area contributed by atoms with Crippen LogP contribution >= 0.6 is 11.6 Å². The molecule has 8 heteroatoms. The summed E-state index contributed by atoms with van der Waals surface area (Å²) >= 11 is 5.95. The van der Waals surface area contributed by atoms with Crippen LogP contribution in [0.5, 0.6) is 0 Å². The number of amides is 1. The van der Waals surface area contributed by atoms with Crippen molar-refractivity contribution in [3.8, 4) is 0 Å². The second kappa shape index (κ2) is 8.27. The Hall–Kier alpha value is -2.12. The molecule has 1 amide bonds. The smallest absolute Gasteiger partial charge is 0.223 e. The lowest BCUT2D eigenvalue weighted by Crippen LogP contribution is -2.49. The second-order valence-electron chi connectivity index (χ2n) is 6.34. The third-order valence-electron chi connectivity index (χ3n) is 4.58. The topological polar surface area (TPSA) is 57.7 Å². The fourth-order valence-corrected chi connectivity index (χ4v) is 4.86. The van der Waals surface area contributed by atoms with Gasteiger partial charge in [0.2, 0.25) is 5.91 Å². The van der Waals surface area contributed by atoms with Crippen molar-refractivity contribution in [2.45, 2.75) is 11.3 Å². The summed E-state index contributed by atoms with van der Waals surface area (Å²) < 4.78 is 37.8. The molecule has 0 aromatic heterocycles. The zero-order valence-corrected chi connectivity index (χ0v) is 16.2. The summed E-state index contributed by atoms with van der Waals surface area (Å²) in [5, 5.41) is 0.165. The number of rotatable bonds is 5. The van der Waals surface area contributed by atoms with Crippen LogP contribution in [0.3, 0.4) is 0 Å². The maximum atomic E-state index is 13.0. The Balaban J connectivity index is 1.54. The molecule has 1 heterocycles. The van der Waals surface area contributed by atoms with Gasteiger partial charge in [0.05, 0.1) is 15.7 Å². The molecule has 0 unspecified atom stereocenters. The molecule has 1 aliphatic heterocycles. The van der Waals surface area contributed by atoms with E-state index in [1.54, 1.807) is 29.2 Å². The zero-order chi connectivity index (χ0) is 19.4. The molecule has 2 aromatic rings. The number of carbonyl (C=O) groups excluding carboxylic acids is 1. The SMILES string of the molecule is O=C(CCS(=O)(=O)c1ccccc1Cl)N1CCN(c2ccc(F)cc2)CC1. The van der Waals surface area contributed by atoms with Gasteiger partial charge in [-0.1, -0.05) is 23.7 Å². The fraction of sp³-hybridized carbons (Fsp3) is 0.316. The van der Waals surface area contributed by atoms with Crippen LogP contribution in [-0.4, -0.2) is 51.2 Å². The quantitative estimate of drug-likeness (QED) is 0.760. The van der Waals surface area contributed by atoms with Crippen LogP contribution in [0.25, 0.3) is 0 Å². The molecular formula is C19H20ClFN2O3S. The van der Waals surface area contributed by atoms with E-state index >= 15 is 0 Å². The van der Waals surface area contributed by atoms with E-state index in [0.717, 1.165) is 5.69 Å². The van der Waals surface area contributed by atoms with Crippen LogP contribution in [-0.2, 0) is 14.6 Å². The van der Waals surface area contributed by atoms with Gasteiger partial charge in [-0.3, -0.25) is 4.79 Å². The number of benzene rings is 2. The van der Waals surface area contributed by atoms with Crippen LogP contribution in [0.1, 0.15) is 6.42 Å². The van der Waals surface area contributed by atoms with E-state index < -0.39 is 9.84 Å². The highest BCUT2D eigenvalue weighted by atomic mass is 35.5. The van der Waals surface area contributed by atoms with Gasteiger partial charge in [0.15, 0.2) is 9.84 Å². The average molecular weight is 411 g/mol. The summed E-state index contributed by atoms with van der Waals surface area (Å²) in [4.78, 5) is 16.2. The van der Waals surface area contributed by atoms with Crippen molar-refractivity contribution in [3.63, 3.8) is 0 Å². The first-order chi connectivity index (χ1) is 12.9. The van der Waals surface area contributed by atoms with E-state index in [2.05, 4.69) is 4.90 Å². The average Bonchev–Trinajstić information content (AvgIpc) is 2.67. The molecule has 5 nitrogen and oxygen atoms in total. The van der Waals surface area contributed by atoms with Gasteiger partial charge in [-0.15, -0.1) is 0 Å². The zero-order valence-electron chi connectivity index (χ0n) is 14.6. The summed E-state index contributed by atoms with van der Waals surface area (Å²) in [5.41, 5.74) is 0.907. The lowest BCUT2D eigenvalue weighted by Gasteiger charge is -2.36. The third-order valence-corrected chi connectivity index (χ3v) is 6.79. The molecule has 1 aliphatic rings. The van der Waals surface area contributed by atoms with Crippen molar-refractivity contribution in [2.75, 3.05) is 36.8 Å². The van der Waals surface area contributed by atoms with Gasteiger partial charge >= 0.3 is 0 Å². The van der Waals surface area contributed by atoms with Crippen molar-refractivity contribution in [2.24, 2.45) is 0 Å². The van der Waals surface area contributed by atoms with Gasteiger partial charge < -0.3 is 9.80 Å². The van der Waals surface area contributed by atoms with Gasteiger partial charge in [0.25, 0.3) is 0 Å². The van der Waals surface area contributed by atoms with E-state index in [4.69, 9.17) is 11.6 Å². The van der Waals surface area contributed by atoms with Gasteiger partial charge in [0, 0.05) is 38.3 Å². The summed E-state index contributed by atoms with van der Waals surface area (Å²) in [5.74, 6) is -0.745. The number of anilines is 1. The number of halogens is 2. The minimum Gasteiger partial charge on any atom is -0.368 e. The number of hydrogen-bond donors (Lipinski definition) is 0. The van der Waals surface area contributed by atoms with Crippen LogP contribution in [0.4, 0.5) is 10.1 Å². The lowest BCUT2D eigenvalue weighted by atomic mass is 10.2. The van der Waals surface area contributed by atoms with Crippen LogP contribution in [0, 0.1) is 5.82 Å². The third kappa shape index (κ3) is 4.78. The first kappa shape index (κ1) is 19.6. The minimum absolute atomic E-state index is 0.0561. The molecule has 1 saturated heterocycles. The molecule has 144 valence electrons. The van der Waals surface area contributed by atoms with Gasteiger partial charge in [-0.25, -0.2) is 12.8 Å². The van der Waals surface area contributed by atoms with Crippen molar-refractivity contribution in [1.82, 2.24) is 4.90 Å². The highest BCUT2D eigenvalue weighted by Gasteiger charge is 2.24. The Morgan fingerprint density at radius 1 is 1.00 bits per heavy atom. The Kier molecular flexibility index (Phi) is 6.01. The van der Waals surface area contributed by atoms with Crippen molar-refractivity contribution >= 4 is 33.0 Å². The highest BCUT2D eigenvalue weighted by molar-refractivity contribution is 7.91. The van der Waals surface area contributed by atoms with Crippen molar-refractivity contribution < 1.29 is 17.6 Å². The predicted octanol–water partition coefficient (Wildman–Crippen LogP) is 2.99. The van der Waals surface area contributed by atoms with E-state index in [-0.39, 0.29) is 33.8 Å². The number of carbonyl (C=O) groups is 1.